The minimum atomic E-state index is -0.960. The predicted molar refractivity (Wildman–Crippen MR) is 389 cm³/mol. The van der Waals surface area contributed by atoms with Gasteiger partial charge in [0.2, 0.25) is 0 Å². The number of hydrogen-bond donors (Lipinski definition) is 0. The van der Waals surface area contributed by atoms with E-state index in [-0.39, 0.29) is 73.1 Å². The number of ether oxygens (including phenoxy) is 14. The third-order valence-electron chi connectivity index (χ3n) is 23.5. The van der Waals surface area contributed by atoms with Crippen LogP contribution in [0.2, 0.25) is 0 Å². The van der Waals surface area contributed by atoms with Crippen molar-refractivity contribution in [2.45, 2.75) is 264 Å². The van der Waals surface area contributed by atoms with Crippen molar-refractivity contribution >= 4 is 21.5 Å². The van der Waals surface area contributed by atoms with Gasteiger partial charge >= 0.3 is 0 Å². The van der Waals surface area contributed by atoms with Gasteiger partial charge in [0.15, 0.2) is 0 Å². The molecule has 8 saturated heterocycles. The third kappa shape index (κ3) is 15.6. The maximum absolute atomic E-state index is 7.67. The van der Waals surface area contributed by atoms with E-state index in [1.165, 1.54) is 21.5 Å². The first-order chi connectivity index (χ1) is 49.2. The average molecular weight is 1370 g/mol. The van der Waals surface area contributed by atoms with Gasteiger partial charge in [-0.15, -0.1) is 13.2 Å². The lowest BCUT2D eigenvalue weighted by atomic mass is 9.72. The van der Waals surface area contributed by atoms with Crippen LogP contribution >= 0.6 is 0 Å². The molecule has 0 bridgehead atoms. The highest BCUT2D eigenvalue weighted by Crippen LogP contribution is 2.54. The minimum Gasteiger partial charge on any atom is -0.377 e. The molecule has 0 spiro atoms. The van der Waals surface area contributed by atoms with Crippen LogP contribution in [0.5, 0.6) is 0 Å². The van der Waals surface area contributed by atoms with Gasteiger partial charge in [-0.3, -0.25) is 0 Å². The second-order valence-electron chi connectivity index (χ2n) is 30.9. The Morgan fingerprint density at radius 2 is 1.03 bits per heavy atom. The zero-order chi connectivity index (χ0) is 69.1. The summed E-state index contributed by atoms with van der Waals surface area (Å²) in [4.78, 5) is 0. The molecule has 22 atom stereocenters. The first kappa shape index (κ1) is 70.6. The molecule has 0 saturated carbocycles. The van der Waals surface area contributed by atoms with Gasteiger partial charge in [-0.2, -0.15) is 0 Å². The Morgan fingerprint density at radius 3 is 1.71 bits per heavy atom. The van der Waals surface area contributed by atoms with Gasteiger partial charge in [0.05, 0.1) is 142 Å². The van der Waals surface area contributed by atoms with Crippen molar-refractivity contribution in [1.29, 1.82) is 0 Å². The van der Waals surface area contributed by atoms with Crippen LogP contribution in [0.15, 0.2) is 201 Å². The molecule has 101 heavy (non-hydrogen) atoms. The Balaban J connectivity index is 0.647. The summed E-state index contributed by atoms with van der Waals surface area (Å²) < 4.78 is 101. The van der Waals surface area contributed by atoms with E-state index in [9.17, 15) is 0 Å². The second kappa shape index (κ2) is 31.0. The number of benzene rings is 7. The predicted octanol–water partition coefficient (Wildman–Crippen LogP) is 16.2. The van der Waals surface area contributed by atoms with Crippen LogP contribution in [-0.2, 0) is 99.4 Å². The van der Waals surface area contributed by atoms with Gasteiger partial charge in [0.1, 0.15) is 23.9 Å². The SMILES string of the molecule is C=CC[C@H]1O[C@@]2(C)C[C@@]3(C)O[C@H]4CC[C@@H](OCc5ccc6ccccc6c5)[C@H](CCOCc5ccc6ccccc6c5)O[C@@H]4C[C@@H]3O[C@@H]2CC[C@@H]1O[C@@H]1C[C@@H]2O[C@@H]3C[C@]4(C)O[C@H](COCc5ccccc5)[C@@H](OCc5ccccc5)C[C@H]4O[C@H]3[C@H](OCc3ccccc3)[C@@]2(C)O[C@H]1[C@@H](C)C=C. The molecular weight excluding hydrogens is 1270 g/mol. The molecule has 0 radical (unpaired) electrons. The highest BCUT2D eigenvalue weighted by Gasteiger charge is 2.66. The van der Waals surface area contributed by atoms with E-state index < -0.39 is 59.0 Å². The normalized spacial score (nSPS) is 36.4. The van der Waals surface area contributed by atoms with Gasteiger partial charge in [-0.25, -0.2) is 0 Å². The molecular formula is C87H104O14. The first-order valence-corrected chi connectivity index (χ1v) is 37.5. The molecule has 0 aromatic heterocycles. The molecule has 536 valence electrons. The third-order valence-corrected chi connectivity index (χ3v) is 23.5. The van der Waals surface area contributed by atoms with Crippen LogP contribution in [0.25, 0.3) is 21.5 Å². The molecule has 15 rings (SSSR count). The summed E-state index contributed by atoms with van der Waals surface area (Å²) in [7, 11) is 0. The fourth-order valence-electron chi connectivity index (χ4n) is 18.1. The van der Waals surface area contributed by atoms with Gasteiger partial charge < -0.3 is 66.3 Å². The second-order valence-corrected chi connectivity index (χ2v) is 30.9. The molecule has 8 fully saturated rings. The van der Waals surface area contributed by atoms with E-state index in [1.807, 2.05) is 54.6 Å². The topological polar surface area (TPSA) is 129 Å². The molecule has 0 amide bonds. The summed E-state index contributed by atoms with van der Waals surface area (Å²) >= 11 is 0. The van der Waals surface area contributed by atoms with Crippen molar-refractivity contribution in [3.63, 3.8) is 0 Å². The van der Waals surface area contributed by atoms with Crippen LogP contribution in [-0.4, -0.2) is 139 Å². The molecule has 0 N–H and O–H groups in total. The number of rotatable bonds is 24. The van der Waals surface area contributed by atoms with Crippen molar-refractivity contribution in [3.8, 4) is 0 Å². The molecule has 14 nitrogen and oxygen atoms in total. The van der Waals surface area contributed by atoms with Crippen LogP contribution in [0, 0.1) is 5.92 Å². The molecule has 7 aromatic carbocycles. The van der Waals surface area contributed by atoms with Gasteiger partial charge in [-0.1, -0.05) is 183 Å². The highest BCUT2D eigenvalue weighted by molar-refractivity contribution is 5.83. The summed E-state index contributed by atoms with van der Waals surface area (Å²) in [5.41, 5.74) is 2.49. The van der Waals surface area contributed by atoms with Crippen LogP contribution in [0.4, 0.5) is 0 Å². The minimum absolute atomic E-state index is 0.103. The summed E-state index contributed by atoms with van der Waals surface area (Å²) in [5.74, 6) is -0.103. The lowest BCUT2D eigenvalue weighted by molar-refractivity contribution is -0.383. The molecule has 8 aliphatic heterocycles. The zero-order valence-corrected chi connectivity index (χ0v) is 59.6. The summed E-state index contributed by atoms with van der Waals surface area (Å²) in [6.07, 6.45) is 5.67. The van der Waals surface area contributed by atoms with Crippen LogP contribution < -0.4 is 0 Å². The lowest BCUT2D eigenvalue weighted by Crippen LogP contribution is -2.75. The van der Waals surface area contributed by atoms with Crippen LogP contribution in [0.1, 0.15) is 133 Å². The maximum Gasteiger partial charge on any atom is 0.121 e. The van der Waals surface area contributed by atoms with E-state index in [1.54, 1.807) is 0 Å². The van der Waals surface area contributed by atoms with Gasteiger partial charge in [0.25, 0.3) is 0 Å². The van der Waals surface area contributed by atoms with E-state index in [0.717, 1.165) is 47.1 Å². The van der Waals surface area contributed by atoms with Gasteiger partial charge in [0, 0.05) is 44.6 Å². The van der Waals surface area contributed by atoms with Gasteiger partial charge in [-0.05, 0) is 128 Å². The summed E-state index contributed by atoms with van der Waals surface area (Å²) in [6.45, 7) is 22.8. The summed E-state index contributed by atoms with van der Waals surface area (Å²) in [5, 5.41) is 4.85. The first-order valence-electron chi connectivity index (χ1n) is 37.5. The molecule has 8 heterocycles. The molecule has 8 aliphatic rings. The van der Waals surface area contributed by atoms with E-state index in [0.29, 0.717) is 97.6 Å². The lowest BCUT2D eigenvalue weighted by Gasteiger charge is -2.62. The fraction of sp³-hybridized carbons (Fsp3) is 0.517. The van der Waals surface area contributed by atoms with Crippen molar-refractivity contribution < 1.29 is 66.3 Å². The Morgan fingerprint density at radius 1 is 0.455 bits per heavy atom. The van der Waals surface area contributed by atoms with E-state index >= 15 is 0 Å². The van der Waals surface area contributed by atoms with E-state index in [4.69, 9.17) is 66.3 Å². The Kier molecular flexibility index (Phi) is 21.7. The average Bonchev–Trinajstić information content (AvgIpc) is 1.39. The molecule has 14 heteroatoms. The van der Waals surface area contributed by atoms with Crippen molar-refractivity contribution in [2.75, 3.05) is 13.2 Å². The monoisotopic (exact) mass is 1370 g/mol. The smallest absolute Gasteiger partial charge is 0.121 e. The van der Waals surface area contributed by atoms with E-state index in [2.05, 4.69) is 181 Å². The Hall–Kier alpha value is -6.02. The van der Waals surface area contributed by atoms with Crippen molar-refractivity contribution in [2.24, 2.45) is 5.92 Å². The Bertz CT molecular complexity index is 3880. The van der Waals surface area contributed by atoms with Crippen molar-refractivity contribution in [3.05, 3.63) is 229 Å². The molecule has 0 aliphatic carbocycles. The highest BCUT2D eigenvalue weighted by atomic mass is 16.7. The molecule has 7 aromatic rings. The quantitative estimate of drug-likeness (QED) is 0.0420. The van der Waals surface area contributed by atoms with Crippen LogP contribution in [0.3, 0.4) is 0 Å². The number of fused-ring (bicyclic) bond motifs is 8. The standard InChI is InChI=1S/C87H104O14/c1-8-23-70-68(40-41-77-85(5,98-70)56-86(6)79(96-77)47-73-71(99-86)39-38-67(90-54-62-35-37-64-31-20-22-33-66(64)45-62)69(93-73)42-43-88-51-61-34-36-63-30-19-21-32-65(63)44-61)94-74-48-80-87(7,101-81(74)57(3)9-2)83(92-53-60-28-17-12-18-29-60)82-75(95-80)49-84(4)78(97-82)46-72(91-52-59-26-15-11-16-27-59)76(100-84)55-89-50-58-24-13-10-14-25-58/h8-22,24-37,44-45,57,67-83H,1-2,23,38-43,46-56H2,3-7H3/t57-,67+,68-,69-,70+,71-,72-,73+,74+,75+,76+,77+,78+,79-,80-,81-,82+,83-,84-,85-,86+,87-/m0/s1. The summed E-state index contributed by atoms with van der Waals surface area (Å²) in [6, 6.07) is 61.0. The number of hydrogen-bond acceptors (Lipinski definition) is 14. The maximum atomic E-state index is 7.67. The fourth-order valence-corrected chi connectivity index (χ4v) is 18.1. The zero-order valence-electron chi connectivity index (χ0n) is 59.6. The molecule has 0 unspecified atom stereocenters. The Labute approximate surface area is 597 Å². The van der Waals surface area contributed by atoms with Crippen molar-refractivity contribution in [1.82, 2.24) is 0 Å². The largest absolute Gasteiger partial charge is 0.377 e.